The Kier molecular flexibility index (Phi) is 3.80. The molecule has 132 valence electrons. The van der Waals surface area contributed by atoms with Crippen molar-refractivity contribution in [2.24, 2.45) is 13.0 Å². The van der Waals surface area contributed by atoms with Crippen molar-refractivity contribution < 1.29 is 18.6 Å². The Morgan fingerprint density at radius 1 is 1.38 bits per heavy atom. The molecule has 1 unspecified atom stereocenters. The van der Waals surface area contributed by atoms with E-state index in [1.165, 1.54) is 6.20 Å². The van der Waals surface area contributed by atoms with Crippen LogP contribution in [0.3, 0.4) is 0 Å². The number of nitrogens with one attached hydrogen (secondary N) is 1. The van der Waals surface area contributed by atoms with Crippen LogP contribution in [-0.2, 0) is 7.05 Å². The number of carbonyl (C=O) groups excluding carboxylic acids is 1. The highest BCUT2D eigenvalue weighted by molar-refractivity contribution is 5.91. The molecule has 1 fully saturated rings. The van der Waals surface area contributed by atoms with Crippen LogP contribution < -0.4 is 10.3 Å². The lowest BCUT2D eigenvalue weighted by atomic mass is 10.1. The molecule has 1 saturated carbocycles. The van der Waals surface area contributed by atoms with Crippen molar-refractivity contribution in [1.29, 1.82) is 0 Å². The number of carbonyl (C=O) groups is 1. The fraction of sp³-hybridized carbons (Fsp3) is 0.333. The Hall–Kier alpha value is -3.08. The number of hydrogen-bond donors (Lipinski definition) is 1. The van der Waals surface area contributed by atoms with E-state index in [4.69, 9.17) is 0 Å². The molecule has 0 aliphatic heterocycles. The van der Waals surface area contributed by atoms with Crippen LogP contribution in [0.5, 0.6) is 0 Å². The molecule has 1 aromatic carbocycles. The number of aromatic nitrogens is 4. The summed E-state index contributed by atoms with van der Waals surface area (Å²) in [5.74, 6) is -1.50. The first kappa shape index (κ1) is 16.4. The van der Waals surface area contributed by atoms with Crippen LogP contribution in [0.2, 0.25) is 0 Å². The number of nitrogens with zero attached hydrogens (tertiary/aromatic N) is 4. The van der Waals surface area contributed by atoms with E-state index in [0.717, 1.165) is 25.0 Å². The summed E-state index contributed by atoms with van der Waals surface area (Å²) in [6, 6.07) is 1.81. The SMILES string of the molecule is Cc1cnc(C(=O)NC(c2nc3cc(F)c(F)cc3n2C)C2CC2)c#[n+]1. The van der Waals surface area contributed by atoms with Crippen molar-refractivity contribution in [1.82, 2.24) is 19.9 Å². The average Bonchev–Trinajstić information content (AvgIpc) is 3.41. The standard InChI is InChI=1S/C18H15F2N5O/c1-9-7-22-14(8-21-9)18(26)24-16(10-3-4-10)17-23-13-5-11(19)12(20)6-15(13)25(17)2/h5-7,10,16H,3-4H2,1-2H3/p+1. The second-order valence-corrected chi connectivity index (χ2v) is 6.54. The number of rotatable bonds is 4. The van der Waals surface area contributed by atoms with Gasteiger partial charge in [0.25, 0.3) is 11.6 Å². The van der Waals surface area contributed by atoms with Gasteiger partial charge in [0.1, 0.15) is 12.0 Å². The molecule has 0 saturated heterocycles. The molecule has 26 heavy (non-hydrogen) atoms. The van der Waals surface area contributed by atoms with Gasteiger partial charge in [-0.2, -0.15) is 0 Å². The van der Waals surface area contributed by atoms with Crippen LogP contribution in [0.4, 0.5) is 8.78 Å². The molecule has 0 radical (unpaired) electrons. The molecule has 0 bridgehead atoms. The van der Waals surface area contributed by atoms with E-state index in [-0.39, 0.29) is 17.7 Å². The smallest absolute Gasteiger partial charge is 0.340 e. The number of imidazole rings is 1. The van der Waals surface area contributed by atoms with E-state index in [9.17, 15) is 13.6 Å². The summed E-state index contributed by atoms with van der Waals surface area (Å²) in [5.41, 5.74) is 1.58. The normalized spacial score (nSPS) is 14.9. The molecular formula is C18H16F2N5O+. The van der Waals surface area contributed by atoms with Crippen molar-refractivity contribution in [2.45, 2.75) is 25.8 Å². The number of fused-ring (bicyclic) bond motifs is 1. The lowest BCUT2D eigenvalue weighted by Gasteiger charge is -2.17. The highest BCUT2D eigenvalue weighted by Gasteiger charge is 2.37. The number of halogens is 2. The Morgan fingerprint density at radius 3 is 2.77 bits per heavy atom. The van der Waals surface area contributed by atoms with Crippen molar-refractivity contribution in [2.75, 3.05) is 0 Å². The summed E-state index contributed by atoms with van der Waals surface area (Å²) >= 11 is 0. The third kappa shape index (κ3) is 2.86. The predicted octanol–water partition coefficient (Wildman–Crippen LogP) is 1.84. The molecule has 0 spiro atoms. The van der Waals surface area contributed by atoms with Gasteiger partial charge < -0.3 is 9.88 Å². The van der Waals surface area contributed by atoms with Gasteiger partial charge in [0.2, 0.25) is 0 Å². The largest absolute Gasteiger partial charge is 0.346 e. The quantitative estimate of drug-likeness (QED) is 0.774. The number of aryl methyl sites for hydroxylation is 2. The number of hydrogen-bond acceptors (Lipinski definition) is 3. The molecule has 2 heterocycles. The Labute approximate surface area is 148 Å². The Bertz CT molecular complexity index is 995. The molecule has 4 rings (SSSR count). The van der Waals surface area contributed by atoms with Crippen molar-refractivity contribution in [3.8, 4) is 0 Å². The topological polar surface area (TPSA) is 73.9 Å². The molecule has 3 aromatic rings. The average molecular weight is 356 g/mol. The van der Waals surface area contributed by atoms with E-state index < -0.39 is 17.5 Å². The summed E-state index contributed by atoms with van der Waals surface area (Å²) < 4.78 is 28.8. The van der Waals surface area contributed by atoms with Crippen LogP contribution in [0.1, 0.15) is 40.9 Å². The third-order valence-corrected chi connectivity index (χ3v) is 4.55. The summed E-state index contributed by atoms with van der Waals surface area (Å²) in [6.45, 7) is 1.76. The van der Waals surface area contributed by atoms with Crippen molar-refractivity contribution >= 4 is 16.9 Å². The highest BCUT2D eigenvalue weighted by atomic mass is 19.2. The first-order valence-corrected chi connectivity index (χ1v) is 8.27. The zero-order valence-corrected chi connectivity index (χ0v) is 14.3. The minimum absolute atomic E-state index is 0.0945. The van der Waals surface area contributed by atoms with E-state index >= 15 is 0 Å². The molecule has 1 N–H and O–H groups in total. The van der Waals surface area contributed by atoms with E-state index in [0.29, 0.717) is 22.6 Å². The number of benzene rings is 1. The molecule has 1 atom stereocenters. The van der Waals surface area contributed by atoms with Gasteiger partial charge in [0, 0.05) is 26.1 Å². The van der Waals surface area contributed by atoms with E-state index in [1.807, 2.05) is 0 Å². The molecule has 1 amide bonds. The van der Waals surface area contributed by atoms with Gasteiger partial charge in [-0.05, 0) is 23.7 Å². The van der Waals surface area contributed by atoms with Crippen LogP contribution in [0.25, 0.3) is 11.0 Å². The van der Waals surface area contributed by atoms with Crippen LogP contribution in [-0.4, -0.2) is 20.4 Å². The third-order valence-electron chi connectivity index (χ3n) is 4.55. The summed E-state index contributed by atoms with van der Waals surface area (Å²) in [6.07, 6.45) is 6.00. The Balaban J connectivity index is 1.69. The van der Waals surface area contributed by atoms with Crippen molar-refractivity contribution in [3.63, 3.8) is 0 Å². The molecule has 2 aromatic heterocycles. The minimum Gasteiger partial charge on any atom is -0.340 e. The molecular weight excluding hydrogens is 340 g/mol. The first-order chi connectivity index (χ1) is 12.4. The van der Waals surface area contributed by atoms with Crippen LogP contribution in [0, 0.1) is 30.7 Å². The van der Waals surface area contributed by atoms with Gasteiger partial charge in [0.15, 0.2) is 11.6 Å². The van der Waals surface area contributed by atoms with Gasteiger partial charge in [-0.1, -0.05) is 0 Å². The maximum Gasteiger partial charge on any atom is 0.346 e. The van der Waals surface area contributed by atoms with Gasteiger partial charge in [-0.25, -0.2) is 18.7 Å². The monoisotopic (exact) mass is 356 g/mol. The maximum absolute atomic E-state index is 13.6. The lowest BCUT2D eigenvalue weighted by molar-refractivity contribution is -0.305. The zero-order valence-electron chi connectivity index (χ0n) is 14.3. The van der Waals surface area contributed by atoms with Crippen LogP contribution in [0.15, 0.2) is 18.3 Å². The summed E-state index contributed by atoms with van der Waals surface area (Å²) in [5, 5.41) is 2.92. The number of amides is 1. The van der Waals surface area contributed by atoms with E-state index in [1.54, 1.807) is 18.5 Å². The van der Waals surface area contributed by atoms with Gasteiger partial charge in [0.05, 0.1) is 17.1 Å². The van der Waals surface area contributed by atoms with Crippen molar-refractivity contribution in [3.05, 3.63) is 53.4 Å². The first-order valence-electron chi connectivity index (χ1n) is 8.27. The maximum atomic E-state index is 13.6. The van der Waals surface area contributed by atoms with E-state index in [2.05, 4.69) is 26.5 Å². The van der Waals surface area contributed by atoms with Gasteiger partial charge in [-0.15, -0.1) is 0 Å². The van der Waals surface area contributed by atoms with Gasteiger partial charge in [-0.3, -0.25) is 4.79 Å². The molecule has 1 aliphatic rings. The molecule has 8 heteroatoms. The zero-order chi connectivity index (χ0) is 18.4. The fourth-order valence-electron chi connectivity index (χ4n) is 2.98. The second-order valence-electron chi connectivity index (χ2n) is 6.54. The minimum atomic E-state index is -0.946. The predicted molar refractivity (Wildman–Crippen MR) is 87.0 cm³/mol. The lowest BCUT2D eigenvalue weighted by Crippen LogP contribution is -2.32. The second kappa shape index (κ2) is 6.02. The van der Waals surface area contributed by atoms with Gasteiger partial charge >= 0.3 is 11.9 Å². The highest BCUT2D eigenvalue weighted by Crippen LogP contribution is 2.41. The Morgan fingerprint density at radius 2 is 2.12 bits per heavy atom. The van der Waals surface area contributed by atoms with Crippen LogP contribution >= 0.6 is 0 Å². The molecule has 6 nitrogen and oxygen atoms in total. The fourth-order valence-corrected chi connectivity index (χ4v) is 2.98. The summed E-state index contributed by atoms with van der Waals surface area (Å²) in [4.78, 5) is 24.9. The molecule has 1 aliphatic carbocycles. The summed E-state index contributed by atoms with van der Waals surface area (Å²) in [7, 11) is 1.72.